The van der Waals surface area contributed by atoms with Crippen molar-refractivity contribution in [3.05, 3.63) is 23.3 Å². The third-order valence-electron chi connectivity index (χ3n) is 13.8. The zero-order chi connectivity index (χ0) is 26.8. The molecule has 0 radical (unpaired) electrons. The van der Waals surface area contributed by atoms with Gasteiger partial charge in [-0.15, -0.1) is 0 Å². The monoisotopic (exact) mass is 519 g/mol. The van der Waals surface area contributed by atoms with Crippen molar-refractivity contribution in [2.75, 3.05) is 6.54 Å². The third kappa shape index (κ3) is 4.02. The van der Waals surface area contributed by atoms with Gasteiger partial charge in [-0.3, -0.25) is 9.59 Å². The standard InChI is InChI=1S/C35H53NO2/c1-32(2)16-7-17-34(4)29(32)14-19-33(3)27-13-20-35(18-6-10-28(35)26(27)11-12-30(33)34)31(38)36-21-15-24-8-5-9-25(22-24)23-37/h8,22-23,26-30H,5-7,9-21H2,1-4H3,(H,36,38). The van der Waals surface area contributed by atoms with E-state index in [9.17, 15) is 9.59 Å². The Bertz CT molecular complexity index is 1020. The van der Waals surface area contributed by atoms with Gasteiger partial charge in [0.2, 0.25) is 5.91 Å². The maximum Gasteiger partial charge on any atom is 0.226 e. The van der Waals surface area contributed by atoms with Gasteiger partial charge in [0, 0.05) is 6.54 Å². The van der Waals surface area contributed by atoms with Crippen LogP contribution >= 0.6 is 0 Å². The molecule has 0 aromatic rings. The second-order valence-corrected chi connectivity index (χ2v) is 15.7. The van der Waals surface area contributed by atoms with Gasteiger partial charge in [0.25, 0.3) is 0 Å². The largest absolute Gasteiger partial charge is 0.355 e. The molecule has 1 amide bonds. The summed E-state index contributed by atoms with van der Waals surface area (Å²) in [6.07, 6.45) is 23.7. The number of hydrogen-bond acceptors (Lipinski definition) is 2. The van der Waals surface area contributed by atoms with Crippen molar-refractivity contribution in [1.82, 2.24) is 5.32 Å². The van der Waals surface area contributed by atoms with Gasteiger partial charge >= 0.3 is 0 Å². The molecule has 3 heteroatoms. The second-order valence-electron chi connectivity index (χ2n) is 15.7. The van der Waals surface area contributed by atoms with Gasteiger partial charge in [0.1, 0.15) is 6.29 Å². The van der Waals surface area contributed by atoms with E-state index in [4.69, 9.17) is 0 Å². The quantitative estimate of drug-likeness (QED) is 0.372. The highest BCUT2D eigenvalue weighted by Gasteiger charge is 2.66. The van der Waals surface area contributed by atoms with E-state index in [1.165, 1.54) is 69.8 Å². The Morgan fingerprint density at radius 3 is 2.55 bits per heavy atom. The zero-order valence-electron chi connectivity index (χ0n) is 24.7. The molecule has 0 aromatic heterocycles. The predicted octanol–water partition coefficient (Wildman–Crippen LogP) is 8.19. The summed E-state index contributed by atoms with van der Waals surface area (Å²) in [5.41, 5.74) is 3.45. The lowest BCUT2D eigenvalue weighted by Gasteiger charge is -2.68. The number of rotatable bonds is 5. The van der Waals surface area contributed by atoms with E-state index < -0.39 is 0 Å². The SMILES string of the molecule is CC1(C)CCCC2(C)C1CCC1(C)C3CCC4(C(=O)NCCC5=CCCC(C=O)=C5)CCCC4C3CCC12. The van der Waals surface area contributed by atoms with Crippen LogP contribution in [0.3, 0.4) is 0 Å². The van der Waals surface area contributed by atoms with E-state index in [1.54, 1.807) is 0 Å². The van der Waals surface area contributed by atoms with Gasteiger partial charge in [0.05, 0.1) is 5.41 Å². The van der Waals surface area contributed by atoms with Gasteiger partial charge in [-0.1, -0.05) is 52.7 Å². The first-order valence-corrected chi connectivity index (χ1v) is 16.3. The van der Waals surface area contributed by atoms with E-state index in [0.29, 0.717) is 34.6 Å². The lowest BCUT2D eigenvalue weighted by molar-refractivity contribution is -0.196. The summed E-state index contributed by atoms with van der Waals surface area (Å²) in [5, 5.41) is 3.41. The molecule has 0 heterocycles. The molecule has 5 fully saturated rings. The summed E-state index contributed by atoms with van der Waals surface area (Å²) in [6, 6.07) is 0. The normalized spacial score (nSPS) is 45.4. The van der Waals surface area contributed by atoms with Crippen molar-refractivity contribution in [2.24, 2.45) is 51.2 Å². The fraction of sp³-hybridized carbons (Fsp3) is 0.829. The number of carbonyl (C=O) groups excluding carboxylic acids is 2. The van der Waals surface area contributed by atoms with E-state index in [2.05, 4.69) is 39.1 Å². The maximum atomic E-state index is 13.9. The molecule has 0 aromatic carbocycles. The zero-order valence-corrected chi connectivity index (χ0v) is 24.7. The number of hydrogen-bond donors (Lipinski definition) is 1. The molecule has 6 aliphatic rings. The van der Waals surface area contributed by atoms with Crippen molar-refractivity contribution >= 4 is 12.2 Å². The fourth-order valence-electron chi connectivity index (χ4n) is 12.3. The van der Waals surface area contributed by atoms with Crippen LogP contribution in [0, 0.1) is 51.2 Å². The van der Waals surface area contributed by atoms with Crippen LogP contribution in [-0.2, 0) is 9.59 Å². The summed E-state index contributed by atoms with van der Waals surface area (Å²) >= 11 is 0. The van der Waals surface area contributed by atoms with Gasteiger partial charge < -0.3 is 5.32 Å². The molecule has 8 atom stereocenters. The van der Waals surface area contributed by atoms with Crippen LogP contribution in [0.15, 0.2) is 23.3 Å². The van der Waals surface area contributed by atoms with Crippen LogP contribution < -0.4 is 5.32 Å². The number of amides is 1. The van der Waals surface area contributed by atoms with Crippen LogP contribution in [0.5, 0.6) is 0 Å². The minimum atomic E-state index is -0.122. The number of nitrogens with one attached hydrogen (secondary N) is 1. The molecular weight excluding hydrogens is 466 g/mol. The number of allylic oxidation sites excluding steroid dienone is 3. The summed E-state index contributed by atoms with van der Waals surface area (Å²) in [5.74, 6) is 4.25. The smallest absolute Gasteiger partial charge is 0.226 e. The third-order valence-corrected chi connectivity index (χ3v) is 13.8. The number of aldehydes is 1. The lowest BCUT2D eigenvalue weighted by atomic mass is 9.36. The topological polar surface area (TPSA) is 46.2 Å². The Kier molecular flexibility index (Phi) is 6.79. The first kappa shape index (κ1) is 26.8. The molecule has 6 rings (SSSR count). The average molecular weight is 520 g/mol. The van der Waals surface area contributed by atoms with Gasteiger partial charge in [-0.05, 0) is 140 Å². The van der Waals surface area contributed by atoms with Crippen molar-refractivity contribution < 1.29 is 9.59 Å². The van der Waals surface area contributed by atoms with E-state index >= 15 is 0 Å². The van der Waals surface area contributed by atoms with E-state index in [1.807, 2.05) is 6.08 Å². The molecule has 0 aliphatic heterocycles. The molecule has 210 valence electrons. The average Bonchev–Trinajstić information content (AvgIpc) is 3.34. The van der Waals surface area contributed by atoms with Gasteiger partial charge in [-0.2, -0.15) is 0 Å². The maximum absolute atomic E-state index is 13.9. The summed E-state index contributed by atoms with van der Waals surface area (Å²) in [7, 11) is 0. The predicted molar refractivity (Wildman–Crippen MR) is 154 cm³/mol. The Labute approximate surface area is 232 Å². The Morgan fingerprint density at radius 2 is 1.74 bits per heavy atom. The number of fused-ring (bicyclic) bond motifs is 7. The first-order chi connectivity index (χ1) is 18.1. The minimum absolute atomic E-state index is 0.122. The Morgan fingerprint density at radius 1 is 0.895 bits per heavy atom. The van der Waals surface area contributed by atoms with Crippen molar-refractivity contribution in [3.8, 4) is 0 Å². The van der Waals surface area contributed by atoms with Crippen LogP contribution in [0.1, 0.15) is 124 Å². The van der Waals surface area contributed by atoms with Crippen LogP contribution in [0.25, 0.3) is 0 Å². The minimum Gasteiger partial charge on any atom is -0.355 e. The summed E-state index contributed by atoms with van der Waals surface area (Å²) in [6.45, 7) is 11.2. The van der Waals surface area contributed by atoms with Crippen LogP contribution in [0.2, 0.25) is 0 Å². The molecule has 0 bridgehead atoms. The van der Waals surface area contributed by atoms with Crippen LogP contribution in [-0.4, -0.2) is 18.7 Å². The molecule has 1 N–H and O–H groups in total. The van der Waals surface area contributed by atoms with Crippen molar-refractivity contribution in [2.45, 2.75) is 124 Å². The molecule has 3 nitrogen and oxygen atoms in total. The van der Waals surface area contributed by atoms with Gasteiger partial charge in [-0.25, -0.2) is 0 Å². The lowest BCUT2D eigenvalue weighted by Crippen LogP contribution is -2.62. The number of carbonyl (C=O) groups is 2. The van der Waals surface area contributed by atoms with Gasteiger partial charge in [0.15, 0.2) is 0 Å². The van der Waals surface area contributed by atoms with Crippen molar-refractivity contribution in [3.63, 3.8) is 0 Å². The molecule has 5 saturated carbocycles. The highest BCUT2D eigenvalue weighted by molar-refractivity contribution is 5.83. The molecule has 8 unspecified atom stereocenters. The molecule has 38 heavy (non-hydrogen) atoms. The Balaban J connectivity index is 1.17. The van der Waals surface area contributed by atoms with Crippen LogP contribution in [0.4, 0.5) is 0 Å². The Hall–Kier alpha value is -1.38. The highest BCUT2D eigenvalue weighted by Crippen LogP contribution is 2.72. The summed E-state index contributed by atoms with van der Waals surface area (Å²) in [4.78, 5) is 25.1. The van der Waals surface area contributed by atoms with E-state index in [0.717, 1.165) is 67.6 Å². The second kappa shape index (κ2) is 9.62. The van der Waals surface area contributed by atoms with Crippen molar-refractivity contribution in [1.29, 1.82) is 0 Å². The molecular formula is C35H53NO2. The first-order valence-electron chi connectivity index (χ1n) is 16.3. The fourth-order valence-corrected chi connectivity index (χ4v) is 12.3. The molecule has 0 spiro atoms. The molecule has 0 saturated heterocycles. The van der Waals surface area contributed by atoms with E-state index in [-0.39, 0.29) is 5.41 Å². The molecule has 6 aliphatic carbocycles. The summed E-state index contributed by atoms with van der Waals surface area (Å²) < 4.78 is 0. The highest BCUT2D eigenvalue weighted by atomic mass is 16.2.